The first kappa shape index (κ1) is 32.9. The Morgan fingerprint density at radius 3 is 2.20 bits per heavy atom. The molecule has 0 unspecified atom stereocenters. The van der Waals surface area contributed by atoms with Crippen LogP contribution >= 0.6 is 0 Å². The number of sulfonamides is 1. The van der Waals surface area contributed by atoms with Crippen molar-refractivity contribution in [3.8, 4) is 22.6 Å². The average molecular weight is 627 g/mol. The Morgan fingerprint density at radius 1 is 0.955 bits per heavy atom. The van der Waals surface area contributed by atoms with Crippen molar-refractivity contribution in [3.63, 3.8) is 0 Å². The summed E-state index contributed by atoms with van der Waals surface area (Å²) < 4.78 is 49.5. The summed E-state index contributed by atoms with van der Waals surface area (Å²) in [6, 6.07) is 16.6. The maximum Gasteiger partial charge on any atom is 0.326 e. The molecule has 11 nitrogen and oxygen atoms in total. The monoisotopic (exact) mass is 626 g/mol. The molecule has 1 aliphatic rings. The Kier molecular flexibility index (Phi) is 11.3. The number of carbonyl (C=O) groups is 2. The van der Waals surface area contributed by atoms with Gasteiger partial charge in [0.1, 0.15) is 23.6 Å². The Hall–Kier alpha value is -3.97. The average Bonchev–Trinajstić information content (AvgIpc) is 3.54. The van der Waals surface area contributed by atoms with Crippen molar-refractivity contribution in [2.45, 2.75) is 42.8 Å². The van der Waals surface area contributed by atoms with Crippen LogP contribution in [0.2, 0.25) is 0 Å². The maximum atomic E-state index is 13.2. The highest BCUT2D eigenvalue weighted by molar-refractivity contribution is 7.89. The molecular formula is C32H38N2O9S. The predicted octanol–water partition coefficient (Wildman–Crippen LogP) is 3.50. The summed E-state index contributed by atoms with van der Waals surface area (Å²) in [5.41, 5.74) is 3.06. The van der Waals surface area contributed by atoms with E-state index in [1.165, 1.54) is 12.1 Å². The number of ether oxygens (including phenoxy) is 4. The van der Waals surface area contributed by atoms with E-state index >= 15 is 0 Å². The van der Waals surface area contributed by atoms with E-state index in [4.69, 9.17) is 18.9 Å². The highest BCUT2D eigenvalue weighted by Crippen LogP contribution is 2.40. The molecule has 2 atom stereocenters. The number of benzene rings is 3. The number of carboxylic acids is 1. The van der Waals surface area contributed by atoms with Crippen LogP contribution in [0.15, 0.2) is 71.6 Å². The number of aliphatic carboxylic acids is 1. The lowest BCUT2D eigenvalue weighted by molar-refractivity contribution is -0.142. The number of methoxy groups -OCH3 is 3. The third-order valence-corrected chi connectivity index (χ3v) is 9.34. The number of hydrogen-bond donors (Lipinski definition) is 2. The fourth-order valence-corrected chi connectivity index (χ4v) is 6.87. The Labute approximate surface area is 257 Å². The smallest absolute Gasteiger partial charge is 0.326 e. The first-order valence-corrected chi connectivity index (χ1v) is 15.6. The predicted molar refractivity (Wildman–Crippen MR) is 163 cm³/mol. The molecular weight excluding hydrogens is 588 g/mol. The number of nitrogens with one attached hydrogen (secondary N) is 1. The molecule has 12 heteroatoms. The molecule has 1 amide bonds. The summed E-state index contributed by atoms with van der Waals surface area (Å²) in [7, 11) is 0.839. The van der Waals surface area contributed by atoms with Crippen LogP contribution in [-0.2, 0) is 42.1 Å². The van der Waals surface area contributed by atoms with Crippen LogP contribution < -0.4 is 14.8 Å². The second-order valence-corrected chi connectivity index (χ2v) is 12.2. The van der Waals surface area contributed by atoms with E-state index < -0.39 is 34.0 Å². The van der Waals surface area contributed by atoms with Gasteiger partial charge in [0.05, 0.1) is 44.5 Å². The lowest BCUT2D eigenvalue weighted by Gasteiger charge is -2.25. The van der Waals surface area contributed by atoms with Gasteiger partial charge in [-0.2, -0.15) is 4.31 Å². The molecule has 3 aromatic carbocycles. The van der Waals surface area contributed by atoms with Crippen molar-refractivity contribution in [2.24, 2.45) is 0 Å². The van der Waals surface area contributed by atoms with Crippen LogP contribution in [0.25, 0.3) is 11.1 Å². The first-order chi connectivity index (χ1) is 21.2. The summed E-state index contributed by atoms with van der Waals surface area (Å²) >= 11 is 0. The minimum absolute atomic E-state index is 0.00549. The van der Waals surface area contributed by atoms with E-state index in [9.17, 15) is 23.1 Å². The van der Waals surface area contributed by atoms with Gasteiger partial charge in [-0.25, -0.2) is 13.2 Å². The van der Waals surface area contributed by atoms with Gasteiger partial charge in [0.2, 0.25) is 15.9 Å². The number of carboxylic acid groups (broad SMARTS) is 1. The zero-order valence-electron chi connectivity index (χ0n) is 25.0. The van der Waals surface area contributed by atoms with Crippen LogP contribution in [0.5, 0.6) is 11.5 Å². The largest absolute Gasteiger partial charge is 0.496 e. The summed E-state index contributed by atoms with van der Waals surface area (Å²) in [5, 5.41) is 12.5. The third kappa shape index (κ3) is 7.75. The molecule has 4 rings (SSSR count). The van der Waals surface area contributed by atoms with Crippen molar-refractivity contribution in [1.29, 1.82) is 0 Å². The molecule has 236 valence electrons. The SMILES string of the molecule is COCCOCc1cc(OC)c(-c2ccc(C[C@H](NC(=O)[C@@H]3CCCN3S(=O)(=O)c3ccccc3)C(=O)O)cc2)c(OC)c1. The fourth-order valence-electron chi connectivity index (χ4n) is 5.20. The lowest BCUT2D eigenvalue weighted by atomic mass is 9.98. The quantitative estimate of drug-likeness (QED) is 0.243. The summed E-state index contributed by atoms with van der Waals surface area (Å²) in [4.78, 5) is 25.5. The van der Waals surface area contributed by atoms with Crippen LogP contribution in [0, 0.1) is 0 Å². The summed E-state index contributed by atoms with van der Waals surface area (Å²) in [6.45, 7) is 1.48. The van der Waals surface area contributed by atoms with E-state index in [1.807, 2.05) is 24.3 Å². The topological polar surface area (TPSA) is 141 Å². The molecule has 1 aliphatic heterocycles. The molecule has 1 fully saturated rings. The second kappa shape index (κ2) is 15.2. The molecule has 0 saturated carbocycles. The van der Waals surface area contributed by atoms with Gasteiger partial charge in [0.15, 0.2) is 0 Å². The molecule has 0 aromatic heterocycles. The van der Waals surface area contributed by atoms with Crippen molar-refractivity contribution in [2.75, 3.05) is 41.1 Å². The Balaban J connectivity index is 1.48. The van der Waals surface area contributed by atoms with Gasteiger partial charge < -0.3 is 29.4 Å². The highest BCUT2D eigenvalue weighted by Gasteiger charge is 2.40. The maximum absolute atomic E-state index is 13.2. The standard InChI is InChI=1S/C32H38N2O9S/c1-40-16-17-43-21-23-19-28(41-2)30(29(20-23)42-3)24-13-11-22(12-14-24)18-26(32(36)37)33-31(35)27-10-7-15-34(27)44(38,39)25-8-5-4-6-9-25/h4-6,8-9,11-14,19-20,26-27H,7,10,15-18,21H2,1-3H3,(H,33,35)(H,36,37)/t26-,27-/m0/s1. The zero-order valence-corrected chi connectivity index (χ0v) is 25.8. The van der Waals surface area contributed by atoms with Gasteiger partial charge in [-0.3, -0.25) is 4.79 Å². The van der Waals surface area contributed by atoms with E-state index in [0.717, 1.165) is 21.0 Å². The van der Waals surface area contributed by atoms with Crippen LogP contribution in [0.3, 0.4) is 0 Å². The molecule has 0 bridgehead atoms. The number of hydrogen-bond acceptors (Lipinski definition) is 8. The van der Waals surface area contributed by atoms with E-state index in [1.54, 1.807) is 51.7 Å². The van der Waals surface area contributed by atoms with Gasteiger partial charge in [-0.05, 0) is 53.8 Å². The minimum atomic E-state index is -3.91. The number of carbonyl (C=O) groups excluding carboxylic acids is 1. The summed E-state index contributed by atoms with van der Waals surface area (Å²) in [6.07, 6.45) is 0.810. The fraction of sp³-hybridized carbons (Fsp3) is 0.375. The number of rotatable bonds is 15. The van der Waals surface area contributed by atoms with Crippen LogP contribution in [-0.4, -0.2) is 82.9 Å². The lowest BCUT2D eigenvalue weighted by Crippen LogP contribution is -2.51. The van der Waals surface area contributed by atoms with E-state index in [0.29, 0.717) is 49.7 Å². The molecule has 1 heterocycles. The third-order valence-electron chi connectivity index (χ3n) is 7.42. The van der Waals surface area contributed by atoms with Gasteiger partial charge in [0.25, 0.3) is 0 Å². The van der Waals surface area contributed by atoms with Crippen molar-refractivity contribution in [3.05, 3.63) is 77.9 Å². The number of nitrogens with zero attached hydrogens (tertiary/aromatic N) is 1. The van der Waals surface area contributed by atoms with Crippen molar-refractivity contribution >= 4 is 21.9 Å². The Bertz CT molecular complexity index is 1500. The van der Waals surface area contributed by atoms with Crippen molar-refractivity contribution in [1.82, 2.24) is 9.62 Å². The van der Waals surface area contributed by atoms with Crippen molar-refractivity contribution < 1.29 is 42.1 Å². The molecule has 3 aromatic rings. The molecule has 44 heavy (non-hydrogen) atoms. The van der Waals surface area contributed by atoms with Gasteiger partial charge in [0, 0.05) is 20.1 Å². The minimum Gasteiger partial charge on any atom is -0.496 e. The number of amides is 1. The molecule has 0 radical (unpaired) electrons. The van der Waals surface area contributed by atoms with E-state index in [-0.39, 0.29) is 17.9 Å². The molecule has 2 N–H and O–H groups in total. The highest BCUT2D eigenvalue weighted by atomic mass is 32.2. The van der Waals surface area contributed by atoms with Gasteiger partial charge >= 0.3 is 5.97 Å². The Morgan fingerprint density at radius 2 is 1.61 bits per heavy atom. The zero-order chi connectivity index (χ0) is 31.7. The van der Waals surface area contributed by atoms with Gasteiger partial charge in [-0.1, -0.05) is 42.5 Å². The van der Waals surface area contributed by atoms with E-state index in [2.05, 4.69) is 5.32 Å². The van der Waals surface area contributed by atoms with Crippen LogP contribution in [0.4, 0.5) is 0 Å². The first-order valence-electron chi connectivity index (χ1n) is 14.2. The molecule has 1 saturated heterocycles. The van der Waals surface area contributed by atoms with Crippen LogP contribution in [0.1, 0.15) is 24.0 Å². The molecule has 0 aliphatic carbocycles. The van der Waals surface area contributed by atoms with Gasteiger partial charge in [-0.15, -0.1) is 0 Å². The molecule has 0 spiro atoms. The normalized spacial score (nSPS) is 15.9. The summed E-state index contributed by atoms with van der Waals surface area (Å²) in [5.74, 6) is -0.675. The second-order valence-electron chi connectivity index (χ2n) is 10.3.